The molecule has 11 nitrogen and oxygen atoms in total. The summed E-state index contributed by atoms with van der Waals surface area (Å²) in [4.78, 5) is 64.9. The van der Waals surface area contributed by atoms with E-state index < -0.39 is 23.7 Å². The van der Waals surface area contributed by atoms with Gasteiger partial charge in [0.1, 0.15) is 5.75 Å². The van der Waals surface area contributed by atoms with Crippen molar-refractivity contribution in [1.82, 2.24) is 0 Å². The number of carbonyl (C=O) groups is 5. The van der Waals surface area contributed by atoms with Gasteiger partial charge in [0.25, 0.3) is 0 Å². The Kier molecular flexibility index (Phi) is 10.9. The number of esters is 1. The Morgan fingerprint density at radius 1 is 0.851 bits per heavy atom. The van der Waals surface area contributed by atoms with Gasteiger partial charge in [-0.1, -0.05) is 36.4 Å². The lowest BCUT2D eigenvalue weighted by Crippen LogP contribution is -2.31. The van der Waals surface area contributed by atoms with Gasteiger partial charge in [-0.25, -0.2) is 4.90 Å². The molecule has 1 N–H and O–H groups in total. The van der Waals surface area contributed by atoms with Gasteiger partial charge in [-0.15, -0.1) is 11.8 Å². The minimum absolute atomic E-state index is 0.0258. The Balaban J connectivity index is 1.09. The lowest BCUT2D eigenvalue weighted by Gasteiger charge is -2.15. The predicted octanol–water partition coefficient (Wildman–Crippen LogP) is 6.68. The summed E-state index contributed by atoms with van der Waals surface area (Å²) in [6, 6.07) is 29.4. The van der Waals surface area contributed by atoms with Crippen molar-refractivity contribution in [1.29, 1.82) is 0 Å². The summed E-state index contributed by atoms with van der Waals surface area (Å²) >= 11 is 1.23. The highest BCUT2D eigenvalue weighted by Crippen LogP contribution is 2.35. The van der Waals surface area contributed by atoms with E-state index in [1.54, 1.807) is 72.8 Å². The molecule has 0 aromatic heterocycles. The van der Waals surface area contributed by atoms with E-state index in [1.807, 2.05) is 30.3 Å². The highest BCUT2D eigenvalue weighted by molar-refractivity contribution is 8.00. The smallest absolute Gasteiger partial charge is 0.306 e. The topological polar surface area (TPSA) is 144 Å². The highest BCUT2D eigenvalue weighted by Gasteiger charge is 2.40. The number of hydrogen-bond acceptors (Lipinski definition) is 10. The van der Waals surface area contributed by atoms with E-state index in [2.05, 4.69) is 15.5 Å². The second-order valence-corrected chi connectivity index (χ2v) is 11.6. The number of benzene rings is 4. The number of nitrogens with zero attached hydrogens (tertiary/aromatic N) is 3. The van der Waals surface area contributed by atoms with E-state index in [9.17, 15) is 24.0 Å². The molecule has 3 amide bonds. The summed E-state index contributed by atoms with van der Waals surface area (Å²) < 4.78 is 10.1. The van der Waals surface area contributed by atoms with Gasteiger partial charge in [0, 0.05) is 29.0 Å². The number of rotatable bonds is 13. The number of carbonyl (C=O) groups excluding carboxylic acids is 5. The van der Waals surface area contributed by atoms with Crippen molar-refractivity contribution in [3.63, 3.8) is 0 Å². The number of hydrogen-bond donors (Lipinski definition) is 1. The highest BCUT2D eigenvalue weighted by atomic mass is 32.2. The molecule has 0 spiro atoms. The van der Waals surface area contributed by atoms with Gasteiger partial charge >= 0.3 is 5.97 Å². The lowest BCUT2D eigenvalue weighted by atomic mass is 10.1. The average molecular weight is 651 g/mol. The molecule has 0 saturated carbocycles. The summed E-state index contributed by atoms with van der Waals surface area (Å²) in [5, 5.41) is 10.5. The van der Waals surface area contributed by atoms with Gasteiger partial charge in [0.15, 0.2) is 12.4 Å². The summed E-state index contributed by atoms with van der Waals surface area (Å²) in [7, 11) is 1.49. The number of ether oxygens (including phenoxy) is 2. The van der Waals surface area contributed by atoms with Gasteiger partial charge in [0.05, 0.1) is 35.8 Å². The number of methoxy groups -OCH3 is 1. The molecule has 47 heavy (non-hydrogen) atoms. The Hall–Kier alpha value is -5.62. The van der Waals surface area contributed by atoms with Crippen LogP contribution in [-0.4, -0.2) is 48.4 Å². The van der Waals surface area contributed by atoms with Crippen LogP contribution in [0.3, 0.4) is 0 Å². The first-order valence-electron chi connectivity index (χ1n) is 14.6. The van der Waals surface area contributed by atoms with Crippen molar-refractivity contribution in [2.24, 2.45) is 10.2 Å². The van der Waals surface area contributed by atoms with Crippen molar-refractivity contribution >= 4 is 64.0 Å². The summed E-state index contributed by atoms with van der Waals surface area (Å²) in [6.45, 7) is -0.446. The average Bonchev–Trinajstić information content (AvgIpc) is 3.37. The SMILES string of the molecule is COc1cccc(C(=O)COC(=O)CCC(=O)Nc2cccc(SC3CC(=O)N(c4ccc(N=Nc5ccccc5)cc4)C3=O)c2)c1. The second-order valence-electron chi connectivity index (χ2n) is 10.3. The fourth-order valence-electron chi connectivity index (χ4n) is 4.59. The van der Waals surface area contributed by atoms with Crippen molar-refractivity contribution in [2.45, 2.75) is 29.4 Å². The van der Waals surface area contributed by atoms with E-state index in [0.717, 1.165) is 0 Å². The number of azo groups is 1. The molecule has 1 unspecified atom stereocenters. The van der Waals surface area contributed by atoms with Crippen LogP contribution in [0, 0.1) is 0 Å². The van der Waals surface area contributed by atoms with Crippen molar-refractivity contribution in [3.05, 3.63) is 109 Å². The van der Waals surface area contributed by atoms with Crippen LogP contribution in [0.5, 0.6) is 5.75 Å². The zero-order valence-corrected chi connectivity index (χ0v) is 26.1. The fourth-order valence-corrected chi connectivity index (χ4v) is 5.71. The molecule has 1 aliphatic heterocycles. The normalized spacial score (nSPS) is 14.3. The molecule has 4 aromatic carbocycles. The number of anilines is 2. The fraction of sp³-hybridized carbons (Fsp3) is 0.171. The van der Waals surface area contributed by atoms with Gasteiger partial charge in [0.2, 0.25) is 17.7 Å². The van der Waals surface area contributed by atoms with E-state index in [0.29, 0.717) is 39.0 Å². The van der Waals surface area contributed by atoms with E-state index in [-0.39, 0.29) is 36.9 Å². The van der Waals surface area contributed by atoms with Gasteiger partial charge < -0.3 is 14.8 Å². The van der Waals surface area contributed by atoms with E-state index in [1.165, 1.54) is 23.8 Å². The number of ketones is 1. The Morgan fingerprint density at radius 2 is 1.57 bits per heavy atom. The summed E-state index contributed by atoms with van der Waals surface area (Å²) in [6.07, 6.45) is -0.338. The van der Waals surface area contributed by atoms with Crippen molar-refractivity contribution < 1.29 is 33.4 Å². The first-order chi connectivity index (χ1) is 22.8. The number of amides is 3. The maximum Gasteiger partial charge on any atom is 0.306 e. The number of nitrogens with one attached hydrogen (secondary N) is 1. The molecule has 4 aromatic rings. The molecule has 238 valence electrons. The lowest BCUT2D eigenvalue weighted by molar-refractivity contribution is -0.143. The second kappa shape index (κ2) is 15.6. The molecule has 5 rings (SSSR count). The number of thioether (sulfide) groups is 1. The van der Waals surface area contributed by atoms with Crippen LogP contribution in [0.15, 0.2) is 118 Å². The number of Topliss-reactive ketones (excluding diaryl/α,β-unsaturated/α-hetero) is 1. The standard InChI is InChI=1S/C35H30N4O7S/c1-45-28-11-5-7-23(19-28)30(40)22-46-34(43)18-17-32(41)36-26-10-6-12-29(20-26)47-31-21-33(42)39(35(31)44)27-15-13-25(14-16-27)38-37-24-8-3-2-4-9-24/h2-16,19-20,31H,17-18,21-22H2,1H3,(H,36,41). The van der Waals surface area contributed by atoms with Crippen molar-refractivity contribution in [2.75, 3.05) is 23.9 Å². The molecule has 1 aliphatic rings. The molecule has 1 saturated heterocycles. The molecular weight excluding hydrogens is 620 g/mol. The minimum atomic E-state index is -0.680. The Bertz CT molecular complexity index is 1810. The first-order valence-corrected chi connectivity index (χ1v) is 15.5. The van der Waals surface area contributed by atoms with Crippen LogP contribution in [0.2, 0.25) is 0 Å². The van der Waals surface area contributed by atoms with Crippen LogP contribution < -0.4 is 15.0 Å². The summed E-state index contributed by atoms with van der Waals surface area (Å²) in [5.41, 5.74) is 2.56. The van der Waals surface area contributed by atoms with Crippen LogP contribution >= 0.6 is 11.8 Å². The van der Waals surface area contributed by atoms with Gasteiger partial charge in [-0.05, 0) is 66.7 Å². The molecule has 1 atom stereocenters. The third kappa shape index (κ3) is 8.98. The maximum atomic E-state index is 13.2. The van der Waals surface area contributed by atoms with Crippen LogP contribution in [0.4, 0.5) is 22.7 Å². The Morgan fingerprint density at radius 3 is 2.32 bits per heavy atom. The zero-order valence-electron chi connectivity index (χ0n) is 25.3. The molecule has 1 heterocycles. The Labute approximate surface area is 275 Å². The zero-order chi connectivity index (χ0) is 33.2. The molecular formula is C35H30N4O7S. The quantitative estimate of drug-likeness (QED) is 0.0731. The van der Waals surface area contributed by atoms with Gasteiger partial charge in [-0.2, -0.15) is 10.2 Å². The molecule has 12 heteroatoms. The van der Waals surface area contributed by atoms with Crippen molar-refractivity contribution in [3.8, 4) is 5.75 Å². The molecule has 0 radical (unpaired) electrons. The maximum absolute atomic E-state index is 13.2. The van der Waals surface area contributed by atoms with E-state index >= 15 is 0 Å². The largest absolute Gasteiger partial charge is 0.497 e. The third-order valence-corrected chi connectivity index (χ3v) is 8.14. The van der Waals surface area contributed by atoms with Crippen LogP contribution in [-0.2, 0) is 23.9 Å². The molecule has 0 bridgehead atoms. The monoisotopic (exact) mass is 650 g/mol. The minimum Gasteiger partial charge on any atom is -0.497 e. The molecule has 0 aliphatic carbocycles. The van der Waals surface area contributed by atoms with E-state index in [4.69, 9.17) is 9.47 Å². The predicted molar refractivity (Wildman–Crippen MR) is 176 cm³/mol. The third-order valence-electron chi connectivity index (χ3n) is 6.96. The first kappa shape index (κ1) is 32.8. The van der Waals surface area contributed by atoms with Gasteiger partial charge in [-0.3, -0.25) is 24.0 Å². The van der Waals surface area contributed by atoms with Crippen LogP contribution in [0.1, 0.15) is 29.6 Å². The van der Waals surface area contributed by atoms with Crippen LogP contribution in [0.25, 0.3) is 0 Å². The molecule has 1 fully saturated rings. The number of imide groups is 1. The summed E-state index contributed by atoms with van der Waals surface area (Å²) in [5.74, 6) is -1.63.